The number of para-hydroxylation sites is 3. The first-order chi connectivity index (χ1) is 14.3. The van der Waals surface area contributed by atoms with Crippen molar-refractivity contribution in [3.63, 3.8) is 0 Å². The number of ether oxygens (including phenoxy) is 2. The maximum atomic E-state index is 5.59. The van der Waals surface area contributed by atoms with Crippen LogP contribution in [0.4, 0.5) is 5.69 Å². The highest BCUT2D eigenvalue weighted by Crippen LogP contribution is 2.45. The zero-order valence-electron chi connectivity index (χ0n) is 16.8. The third kappa shape index (κ3) is 2.58. The van der Waals surface area contributed by atoms with E-state index in [0.29, 0.717) is 0 Å². The van der Waals surface area contributed by atoms with Gasteiger partial charge in [-0.15, -0.1) is 0 Å². The first-order valence-corrected chi connectivity index (χ1v) is 9.81. The predicted molar refractivity (Wildman–Crippen MR) is 116 cm³/mol. The van der Waals surface area contributed by atoms with E-state index in [4.69, 9.17) is 14.5 Å². The molecule has 1 aliphatic heterocycles. The molecule has 0 saturated heterocycles. The molecular weight excluding hydrogens is 362 g/mol. The summed E-state index contributed by atoms with van der Waals surface area (Å²) in [5.41, 5.74) is 5.60. The zero-order valence-corrected chi connectivity index (χ0v) is 16.8. The molecule has 4 aromatic rings. The Labute approximate surface area is 170 Å². The monoisotopic (exact) mass is 385 g/mol. The number of hydrogen-bond acceptors (Lipinski definition) is 4. The van der Waals surface area contributed by atoms with Crippen molar-refractivity contribution in [2.75, 3.05) is 25.7 Å². The van der Waals surface area contributed by atoms with Crippen LogP contribution in [0.2, 0.25) is 0 Å². The summed E-state index contributed by atoms with van der Waals surface area (Å²) in [6.07, 6.45) is -0.0305. The first kappa shape index (κ1) is 17.6. The van der Waals surface area contributed by atoms with Gasteiger partial charge in [-0.05, 0) is 48.9 Å². The SMILES string of the molecule is CCN1c2ccccc2-c2nc3ccccc3n2C1c1ccc(OC)c(OC)c1. The molecule has 0 fully saturated rings. The van der Waals surface area contributed by atoms with Gasteiger partial charge in [0.25, 0.3) is 0 Å². The minimum atomic E-state index is -0.0305. The minimum Gasteiger partial charge on any atom is -0.493 e. The topological polar surface area (TPSA) is 39.5 Å². The molecule has 5 rings (SSSR count). The lowest BCUT2D eigenvalue weighted by molar-refractivity contribution is 0.354. The molecule has 0 bridgehead atoms. The van der Waals surface area contributed by atoms with Gasteiger partial charge in [0.2, 0.25) is 0 Å². The molecule has 0 spiro atoms. The Hall–Kier alpha value is -3.47. The second kappa shape index (κ2) is 6.85. The fourth-order valence-corrected chi connectivity index (χ4v) is 4.35. The lowest BCUT2D eigenvalue weighted by Gasteiger charge is -2.40. The lowest BCUT2D eigenvalue weighted by atomic mass is 10.0. The molecule has 29 heavy (non-hydrogen) atoms. The summed E-state index contributed by atoms with van der Waals surface area (Å²) in [6, 6.07) is 23.0. The normalized spacial score (nSPS) is 15.1. The highest BCUT2D eigenvalue weighted by Gasteiger charge is 2.33. The third-order valence-corrected chi connectivity index (χ3v) is 5.64. The van der Waals surface area contributed by atoms with Crippen LogP contribution >= 0.6 is 0 Å². The Balaban J connectivity index is 1.82. The van der Waals surface area contributed by atoms with E-state index in [0.717, 1.165) is 46.0 Å². The quantitative estimate of drug-likeness (QED) is 0.490. The van der Waals surface area contributed by atoms with E-state index in [1.807, 2.05) is 12.1 Å². The van der Waals surface area contributed by atoms with Crippen molar-refractivity contribution in [2.24, 2.45) is 0 Å². The molecular formula is C24H23N3O2. The fraction of sp³-hybridized carbons (Fsp3) is 0.208. The summed E-state index contributed by atoms with van der Waals surface area (Å²) in [6.45, 7) is 3.05. The maximum Gasteiger partial charge on any atom is 0.161 e. The van der Waals surface area contributed by atoms with Gasteiger partial charge in [-0.2, -0.15) is 0 Å². The summed E-state index contributed by atoms with van der Waals surface area (Å²) in [5.74, 6) is 2.45. The summed E-state index contributed by atoms with van der Waals surface area (Å²) < 4.78 is 13.4. The number of hydrogen-bond donors (Lipinski definition) is 0. The van der Waals surface area contributed by atoms with Crippen LogP contribution in [0.25, 0.3) is 22.4 Å². The summed E-state index contributed by atoms with van der Waals surface area (Å²) in [7, 11) is 3.33. The van der Waals surface area contributed by atoms with Crippen LogP contribution in [-0.4, -0.2) is 30.3 Å². The molecule has 2 heterocycles. The van der Waals surface area contributed by atoms with Crippen LogP contribution in [0.1, 0.15) is 18.7 Å². The Kier molecular flexibility index (Phi) is 4.16. The molecule has 0 N–H and O–H groups in total. The first-order valence-electron chi connectivity index (χ1n) is 9.81. The highest BCUT2D eigenvalue weighted by atomic mass is 16.5. The molecule has 1 aliphatic rings. The Morgan fingerprint density at radius 3 is 2.45 bits per heavy atom. The van der Waals surface area contributed by atoms with Gasteiger partial charge in [0, 0.05) is 17.8 Å². The van der Waals surface area contributed by atoms with Crippen molar-refractivity contribution in [1.82, 2.24) is 9.55 Å². The summed E-state index contributed by atoms with van der Waals surface area (Å²) in [5, 5.41) is 0. The second-order valence-corrected chi connectivity index (χ2v) is 7.09. The molecule has 3 aromatic carbocycles. The van der Waals surface area contributed by atoms with Crippen molar-refractivity contribution >= 4 is 16.7 Å². The molecule has 5 nitrogen and oxygen atoms in total. The summed E-state index contributed by atoms with van der Waals surface area (Å²) in [4.78, 5) is 7.41. The van der Waals surface area contributed by atoms with Crippen LogP contribution in [0.15, 0.2) is 66.7 Å². The van der Waals surface area contributed by atoms with E-state index in [-0.39, 0.29) is 6.17 Å². The van der Waals surface area contributed by atoms with Crippen LogP contribution in [0, 0.1) is 0 Å². The van der Waals surface area contributed by atoms with E-state index in [1.54, 1.807) is 14.2 Å². The number of rotatable bonds is 4. The molecule has 1 unspecified atom stereocenters. The van der Waals surface area contributed by atoms with Gasteiger partial charge in [0.1, 0.15) is 12.0 Å². The number of imidazole rings is 1. The lowest BCUT2D eigenvalue weighted by Crippen LogP contribution is -2.37. The minimum absolute atomic E-state index is 0.0305. The van der Waals surface area contributed by atoms with Crippen molar-refractivity contribution in [2.45, 2.75) is 13.1 Å². The molecule has 0 aliphatic carbocycles. The number of fused-ring (bicyclic) bond motifs is 5. The van der Waals surface area contributed by atoms with Gasteiger partial charge in [-0.3, -0.25) is 4.57 Å². The van der Waals surface area contributed by atoms with Gasteiger partial charge in [0.15, 0.2) is 11.5 Å². The summed E-state index contributed by atoms with van der Waals surface area (Å²) >= 11 is 0. The molecule has 1 atom stereocenters. The molecule has 0 radical (unpaired) electrons. The van der Waals surface area contributed by atoms with Crippen molar-refractivity contribution in [3.8, 4) is 22.9 Å². The smallest absolute Gasteiger partial charge is 0.161 e. The van der Waals surface area contributed by atoms with E-state index in [1.165, 1.54) is 5.69 Å². The standard InChI is InChI=1S/C24H23N3O2/c1-4-26-19-11-7-5-9-17(19)23-25-18-10-6-8-12-20(18)27(23)24(26)16-13-14-21(28-2)22(15-16)29-3/h5-15,24H,4H2,1-3H3. The molecule has 146 valence electrons. The van der Waals surface area contributed by atoms with Gasteiger partial charge in [-0.1, -0.05) is 30.3 Å². The van der Waals surface area contributed by atoms with Crippen molar-refractivity contribution in [1.29, 1.82) is 0 Å². The zero-order chi connectivity index (χ0) is 20.0. The molecule has 1 aromatic heterocycles. The van der Waals surface area contributed by atoms with Crippen molar-refractivity contribution < 1.29 is 9.47 Å². The van der Waals surface area contributed by atoms with E-state index >= 15 is 0 Å². The Morgan fingerprint density at radius 1 is 0.897 bits per heavy atom. The average Bonchev–Trinajstić information content (AvgIpc) is 3.17. The van der Waals surface area contributed by atoms with Crippen molar-refractivity contribution in [3.05, 3.63) is 72.3 Å². The number of methoxy groups -OCH3 is 2. The third-order valence-electron chi connectivity index (χ3n) is 5.64. The number of anilines is 1. The molecule has 0 amide bonds. The van der Waals surface area contributed by atoms with Gasteiger partial charge in [-0.25, -0.2) is 4.98 Å². The van der Waals surface area contributed by atoms with Crippen LogP contribution < -0.4 is 14.4 Å². The van der Waals surface area contributed by atoms with Crippen LogP contribution in [-0.2, 0) is 0 Å². The van der Waals surface area contributed by atoms with Crippen LogP contribution in [0.5, 0.6) is 11.5 Å². The number of nitrogens with zero attached hydrogens (tertiary/aromatic N) is 3. The molecule has 5 heteroatoms. The highest BCUT2D eigenvalue weighted by molar-refractivity contribution is 5.87. The fourth-order valence-electron chi connectivity index (χ4n) is 4.35. The van der Waals surface area contributed by atoms with E-state index < -0.39 is 0 Å². The van der Waals surface area contributed by atoms with Gasteiger partial charge >= 0.3 is 0 Å². The number of benzene rings is 3. The van der Waals surface area contributed by atoms with Crippen LogP contribution in [0.3, 0.4) is 0 Å². The number of aromatic nitrogens is 2. The largest absolute Gasteiger partial charge is 0.493 e. The Morgan fingerprint density at radius 2 is 1.66 bits per heavy atom. The predicted octanol–water partition coefficient (Wildman–Crippen LogP) is 5.11. The average molecular weight is 385 g/mol. The van der Waals surface area contributed by atoms with E-state index in [9.17, 15) is 0 Å². The van der Waals surface area contributed by atoms with Gasteiger partial charge < -0.3 is 14.4 Å². The molecule has 0 saturated carbocycles. The van der Waals surface area contributed by atoms with E-state index in [2.05, 4.69) is 71.0 Å². The second-order valence-electron chi connectivity index (χ2n) is 7.09. The Bertz CT molecular complexity index is 1200. The maximum absolute atomic E-state index is 5.59. The van der Waals surface area contributed by atoms with Gasteiger partial charge in [0.05, 0.1) is 25.3 Å².